The number of nitrogens with zero attached hydrogens (tertiary/aromatic N) is 3. The molecule has 0 aromatic carbocycles. The van der Waals surface area contributed by atoms with E-state index in [0.29, 0.717) is 12.0 Å². The first-order chi connectivity index (χ1) is 5.81. The maximum Gasteiger partial charge on any atom is 0.239 e. The van der Waals surface area contributed by atoms with Gasteiger partial charge in [0.1, 0.15) is 6.33 Å². The summed E-state index contributed by atoms with van der Waals surface area (Å²) in [6, 6.07) is 0.523. The largest absolute Gasteiger partial charge is 0.367 e. The molecule has 0 saturated heterocycles. The van der Waals surface area contributed by atoms with E-state index >= 15 is 0 Å². The van der Waals surface area contributed by atoms with Gasteiger partial charge in [0.2, 0.25) is 5.95 Å². The number of rotatable bonds is 3. The second-order valence-electron chi connectivity index (χ2n) is 3.40. The molecule has 1 fully saturated rings. The van der Waals surface area contributed by atoms with Crippen molar-refractivity contribution in [3.63, 3.8) is 0 Å². The van der Waals surface area contributed by atoms with E-state index in [9.17, 15) is 0 Å². The van der Waals surface area contributed by atoms with Crippen molar-refractivity contribution in [2.45, 2.75) is 32.2 Å². The van der Waals surface area contributed by atoms with Crippen LogP contribution < -0.4 is 5.73 Å². The van der Waals surface area contributed by atoms with E-state index in [1.807, 2.05) is 4.68 Å². The minimum absolute atomic E-state index is 0.383. The summed E-state index contributed by atoms with van der Waals surface area (Å²) in [5.41, 5.74) is 5.45. The van der Waals surface area contributed by atoms with E-state index in [1.54, 1.807) is 6.33 Å². The molecule has 0 aliphatic heterocycles. The van der Waals surface area contributed by atoms with Gasteiger partial charge >= 0.3 is 0 Å². The highest BCUT2D eigenvalue weighted by Crippen LogP contribution is 2.40. The predicted molar refractivity (Wildman–Crippen MR) is 46.5 cm³/mol. The topological polar surface area (TPSA) is 56.7 Å². The maximum absolute atomic E-state index is 5.45. The molecule has 1 saturated carbocycles. The molecule has 0 spiro atoms. The van der Waals surface area contributed by atoms with Gasteiger partial charge in [-0.1, -0.05) is 6.92 Å². The van der Waals surface area contributed by atoms with Crippen LogP contribution in [-0.2, 0) is 0 Å². The van der Waals surface area contributed by atoms with Gasteiger partial charge in [-0.25, -0.2) is 9.67 Å². The zero-order chi connectivity index (χ0) is 8.55. The highest BCUT2D eigenvalue weighted by molar-refractivity contribution is 5.09. The number of nitrogens with two attached hydrogens (primary N) is 1. The smallest absolute Gasteiger partial charge is 0.239 e. The summed E-state index contributed by atoms with van der Waals surface area (Å²) >= 11 is 0. The first-order valence-corrected chi connectivity index (χ1v) is 4.48. The van der Waals surface area contributed by atoms with Gasteiger partial charge < -0.3 is 5.73 Å². The lowest BCUT2D eigenvalue weighted by Gasteiger charge is -2.12. The summed E-state index contributed by atoms with van der Waals surface area (Å²) in [6.45, 7) is 2.18. The van der Waals surface area contributed by atoms with E-state index in [2.05, 4.69) is 17.0 Å². The quantitative estimate of drug-likeness (QED) is 0.734. The van der Waals surface area contributed by atoms with Crippen LogP contribution in [0.4, 0.5) is 5.95 Å². The van der Waals surface area contributed by atoms with E-state index in [0.717, 1.165) is 12.3 Å². The lowest BCUT2D eigenvalue weighted by Crippen LogP contribution is -2.10. The minimum atomic E-state index is 0.383. The van der Waals surface area contributed by atoms with Crippen molar-refractivity contribution in [2.24, 2.45) is 5.92 Å². The molecule has 1 aromatic heterocycles. The van der Waals surface area contributed by atoms with Gasteiger partial charge in [0.15, 0.2) is 0 Å². The third-order valence-electron chi connectivity index (χ3n) is 2.45. The van der Waals surface area contributed by atoms with E-state index in [-0.39, 0.29) is 0 Å². The Balaban J connectivity index is 2.15. The molecule has 1 unspecified atom stereocenters. The molecule has 0 amide bonds. The lowest BCUT2D eigenvalue weighted by atomic mass is 10.1. The Hall–Kier alpha value is -1.06. The first-order valence-electron chi connectivity index (χ1n) is 4.48. The molecule has 1 aliphatic rings. The molecule has 1 heterocycles. The van der Waals surface area contributed by atoms with Gasteiger partial charge in [0, 0.05) is 0 Å². The Morgan fingerprint density at radius 1 is 1.75 bits per heavy atom. The summed E-state index contributed by atoms with van der Waals surface area (Å²) in [6.07, 6.45) is 5.52. The summed E-state index contributed by atoms with van der Waals surface area (Å²) < 4.78 is 1.91. The van der Waals surface area contributed by atoms with Gasteiger partial charge in [-0.05, 0) is 25.2 Å². The average molecular weight is 166 g/mol. The Morgan fingerprint density at radius 2 is 2.50 bits per heavy atom. The molecule has 0 bridgehead atoms. The highest BCUT2D eigenvalue weighted by Gasteiger charge is 2.31. The fourth-order valence-corrected chi connectivity index (χ4v) is 1.67. The molecular formula is C8H14N4. The third kappa shape index (κ3) is 1.29. The minimum Gasteiger partial charge on any atom is -0.367 e. The van der Waals surface area contributed by atoms with Gasteiger partial charge in [-0.15, -0.1) is 5.10 Å². The SMILES string of the molecule is CCC(C1CC1)n1cnc(N)n1. The molecular weight excluding hydrogens is 152 g/mol. The summed E-state index contributed by atoms with van der Waals surface area (Å²) in [5, 5.41) is 4.13. The van der Waals surface area contributed by atoms with Gasteiger partial charge in [-0.2, -0.15) is 0 Å². The monoisotopic (exact) mass is 166 g/mol. The Bertz CT molecular complexity index is 264. The molecule has 1 atom stereocenters. The number of aromatic nitrogens is 3. The van der Waals surface area contributed by atoms with Crippen molar-refractivity contribution in [1.82, 2.24) is 14.8 Å². The average Bonchev–Trinajstić information content (AvgIpc) is 2.78. The second-order valence-corrected chi connectivity index (χ2v) is 3.40. The molecule has 1 aromatic rings. The van der Waals surface area contributed by atoms with Crippen LogP contribution >= 0.6 is 0 Å². The zero-order valence-electron chi connectivity index (χ0n) is 7.27. The second kappa shape index (κ2) is 2.77. The maximum atomic E-state index is 5.45. The van der Waals surface area contributed by atoms with Crippen molar-refractivity contribution in [3.8, 4) is 0 Å². The van der Waals surface area contributed by atoms with Crippen LogP contribution in [-0.4, -0.2) is 14.8 Å². The molecule has 1 aliphatic carbocycles. The van der Waals surface area contributed by atoms with Crippen molar-refractivity contribution in [3.05, 3.63) is 6.33 Å². The normalized spacial score (nSPS) is 19.4. The van der Waals surface area contributed by atoms with Crippen molar-refractivity contribution < 1.29 is 0 Å². The highest BCUT2D eigenvalue weighted by atomic mass is 15.4. The Labute approximate surface area is 71.8 Å². The van der Waals surface area contributed by atoms with E-state index in [1.165, 1.54) is 12.8 Å². The molecule has 4 nitrogen and oxygen atoms in total. The van der Waals surface area contributed by atoms with Crippen LogP contribution in [0, 0.1) is 5.92 Å². The molecule has 2 rings (SSSR count). The van der Waals surface area contributed by atoms with Gasteiger partial charge in [-0.3, -0.25) is 0 Å². The van der Waals surface area contributed by atoms with Crippen molar-refractivity contribution in [1.29, 1.82) is 0 Å². The number of hydrogen-bond acceptors (Lipinski definition) is 3. The van der Waals surface area contributed by atoms with Crippen LogP contribution in [0.2, 0.25) is 0 Å². The number of anilines is 1. The summed E-state index contributed by atoms with van der Waals surface area (Å²) in [5.74, 6) is 1.20. The number of nitrogen functional groups attached to an aromatic ring is 1. The van der Waals surface area contributed by atoms with Crippen molar-refractivity contribution >= 4 is 5.95 Å². The summed E-state index contributed by atoms with van der Waals surface area (Å²) in [4.78, 5) is 3.93. The Kier molecular flexibility index (Phi) is 1.75. The fourth-order valence-electron chi connectivity index (χ4n) is 1.67. The van der Waals surface area contributed by atoms with E-state index in [4.69, 9.17) is 5.73 Å². The van der Waals surface area contributed by atoms with Crippen LogP contribution in [0.5, 0.6) is 0 Å². The van der Waals surface area contributed by atoms with E-state index < -0.39 is 0 Å². The number of hydrogen-bond donors (Lipinski definition) is 1. The van der Waals surface area contributed by atoms with Crippen LogP contribution in [0.25, 0.3) is 0 Å². The van der Waals surface area contributed by atoms with Crippen LogP contribution in [0.1, 0.15) is 32.2 Å². The molecule has 0 radical (unpaired) electrons. The molecule has 4 heteroatoms. The van der Waals surface area contributed by atoms with Crippen LogP contribution in [0.15, 0.2) is 6.33 Å². The first kappa shape index (κ1) is 7.58. The zero-order valence-corrected chi connectivity index (χ0v) is 7.27. The van der Waals surface area contributed by atoms with Gasteiger partial charge in [0.05, 0.1) is 6.04 Å². The van der Waals surface area contributed by atoms with Gasteiger partial charge in [0.25, 0.3) is 0 Å². The lowest BCUT2D eigenvalue weighted by molar-refractivity contribution is 0.393. The third-order valence-corrected chi connectivity index (χ3v) is 2.45. The standard InChI is InChI=1S/C8H14N4/c1-2-7(6-3-4-6)12-5-10-8(9)11-12/h5-7H,2-4H2,1H3,(H2,9,11). The molecule has 12 heavy (non-hydrogen) atoms. The van der Waals surface area contributed by atoms with Crippen molar-refractivity contribution in [2.75, 3.05) is 5.73 Å². The molecule has 66 valence electrons. The fraction of sp³-hybridized carbons (Fsp3) is 0.750. The molecule has 2 N–H and O–H groups in total. The van der Waals surface area contributed by atoms with Crippen LogP contribution in [0.3, 0.4) is 0 Å². The Morgan fingerprint density at radius 3 is 2.92 bits per heavy atom. The summed E-state index contributed by atoms with van der Waals surface area (Å²) in [7, 11) is 0. The predicted octanol–water partition coefficient (Wildman–Crippen LogP) is 1.22.